The van der Waals surface area contributed by atoms with Crippen molar-refractivity contribution < 1.29 is 80.5 Å². The Kier molecular flexibility index (Phi) is 20.9. The Bertz CT molecular complexity index is 3900. The normalized spacial score (nSPS) is 21.9. The van der Waals surface area contributed by atoms with Gasteiger partial charge in [-0.05, 0) is 125 Å². The molecule has 0 spiro atoms. The third kappa shape index (κ3) is 16.9. The van der Waals surface area contributed by atoms with E-state index in [4.69, 9.17) is 18.9 Å². The minimum Gasteiger partial charge on any atom is -0.444 e. The second-order valence-corrected chi connectivity index (χ2v) is 34.8. The average molecular weight is 1410 g/mol. The average Bonchev–Trinajstić information content (AvgIpc) is 1.61. The van der Waals surface area contributed by atoms with E-state index in [1.54, 1.807) is 44.3 Å². The molecule has 1 saturated heterocycles. The summed E-state index contributed by atoms with van der Waals surface area (Å²) in [6.45, 7) is 18.9. The number of carbonyl (C=O) groups excluding carboxylic acids is 3. The van der Waals surface area contributed by atoms with E-state index >= 15 is 0 Å². The van der Waals surface area contributed by atoms with Crippen molar-refractivity contribution in [3.05, 3.63) is 105 Å². The van der Waals surface area contributed by atoms with Crippen LogP contribution in [0, 0.1) is 11.6 Å². The predicted octanol–water partition coefficient (Wildman–Crippen LogP) is 9.47. The van der Waals surface area contributed by atoms with Crippen molar-refractivity contribution in [2.75, 3.05) is 0 Å². The molecular formula is C62H86F5N13O13S3. The molecule has 4 atom stereocenters. The first kappa shape index (κ1) is 72.0. The van der Waals surface area contributed by atoms with Gasteiger partial charge in [0.2, 0.25) is 0 Å². The molecule has 13 rings (SSSR count). The smallest absolute Gasteiger partial charge is 0.416 e. The van der Waals surface area contributed by atoms with Crippen LogP contribution in [0.25, 0.3) is 0 Å². The number of nitrogens with one attached hydrogen (secondary N) is 3. The summed E-state index contributed by atoms with van der Waals surface area (Å²) in [4.78, 5) is 41.1. The molecule has 3 N–H and O–H groups in total. The van der Waals surface area contributed by atoms with Gasteiger partial charge in [0, 0.05) is 78.6 Å². The number of H-pyrrole nitrogens is 1. The van der Waals surface area contributed by atoms with Gasteiger partial charge in [0.15, 0.2) is 6.10 Å². The highest BCUT2D eigenvalue weighted by atomic mass is 32.2. The number of rotatable bonds is 9. The molecule has 34 heteroatoms. The molecular weight excluding hydrogens is 1330 g/mol. The molecule has 0 unspecified atom stereocenters. The third-order valence-corrected chi connectivity index (χ3v) is 23.7. The first-order valence-electron chi connectivity index (χ1n) is 32.4. The number of benzene rings is 1. The Balaban J connectivity index is 0.000000154. The molecule has 0 bridgehead atoms. The topological polar surface area (TPSA) is 306 Å². The monoisotopic (exact) mass is 1410 g/mol. The number of alkyl carbamates (subject to hydrolysis) is 1. The van der Waals surface area contributed by atoms with Crippen LogP contribution >= 0.6 is 0 Å². The second-order valence-electron chi connectivity index (χ2n) is 28.6. The van der Waals surface area contributed by atoms with Crippen LogP contribution in [0.1, 0.15) is 202 Å². The van der Waals surface area contributed by atoms with Gasteiger partial charge in [-0.15, -0.1) is 0 Å². The lowest BCUT2D eigenvalue weighted by molar-refractivity contribution is -0.270. The Hall–Kier alpha value is -6.75. The van der Waals surface area contributed by atoms with Crippen molar-refractivity contribution in [1.29, 1.82) is 0 Å². The summed E-state index contributed by atoms with van der Waals surface area (Å²) in [5, 5.41) is 23.9. The molecule has 96 heavy (non-hydrogen) atoms. The van der Waals surface area contributed by atoms with Gasteiger partial charge in [-0.25, -0.2) is 48.4 Å². The molecule has 530 valence electrons. The summed E-state index contributed by atoms with van der Waals surface area (Å²) >= 11 is 0. The van der Waals surface area contributed by atoms with E-state index < -0.39 is 112 Å². The van der Waals surface area contributed by atoms with Gasteiger partial charge < -0.3 is 29.6 Å². The van der Waals surface area contributed by atoms with Crippen molar-refractivity contribution in [3.8, 4) is 0 Å². The highest BCUT2D eigenvalue weighted by Gasteiger charge is 2.55. The van der Waals surface area contributed by atoms with Gasteiger partial charge in [0.1, 0.15) is 34.5 Å². The van der Waals surface area contributed by atoms with Crippen molar-refractivity contribution in [2.24, 2.45) is 0 Å². The molecule has 4 aromatic heterocycles. The van der Waals surface area contributed by atoms with Crippen LogP contribution in [-0.4, -0.2) is 153 Å². The van der Waals surface area contributed by atoms with Gasteiger partial charge >= 0.3 is 24.5 Å². The summed E-state index contributed by atoms with van der Waals surface area (Å²) in [6, 6.07) is -0.237. The maximum Gasteiger partial charge on any atom is 0.416 e. The fourth-order valence-corrected chi connectivity index (χ4v) is 18.2. The first-order chi connectivity index (χ1) is 44.8. The molecule has 5 aromatic rings. The maximum absolute atomic E-state index is 14.8. The fourth-order valence-electron chi connectivity index (χ4n) is 13.0. The molecule has 8 aliphatic rings. The fraction of sp³-hybridized carbons (Fsp3) is 0.661. The number of fused-ring (bicyclic) bond motifs is 4. The van der Waals surface area contributed by atoms with E-state index in [-0.39, 0.29) is 42.6 Å². The Labute approximate surface area is 555 Å². The maximum atomic E-state index is 14.8. The van der Waals surface area contributed by atoms with Gasteiger partial charge in [-0.1, -0.05) is 38.5 Å². The minimum atomic E-state index is -4.91. The van der Waals surface area contributed by atoms with Crippen LogP contribution in [0.4, 0.5) is 36.3 Å². The molecule has 26 nitrogen and oxygen atoms in total. The van der Waals surface area contributed by atoms with E-state index in [0.717, 1.165) is 112 Å². The molecule has 5 aliphatic heterocycles. The number of hydrogen-bond acceptors (Lipinski definition) is 19. The number of ether oxygens (including phenoxy) is 4. The van der Waals surface area contributed by atoms with E-state index in [0.29, 0.717) is 68.8 Å². The van der Waals surface area contributed by atoms with E-state index in [9.17, 15) is 61.6 Å². The van der Waals surface area contributed by atoms with Crippen LogP contribution in [0.5, 0.6) is 0 Å². The minimum absolute atomic E-state index is 0.0473. The van der Waals surface area contributed by atoms with E-state index in [1.807, 2.05) is 41.5 Å². The zero-order valence-electron chi connectivity index (χ0n) is 55.3. The number of amides is 3. The largest absolute Gasteiger partial charge is 0.444 e. The van der Waals surface area contributed by atoms with Crippen LogP contribution in [0.3, 0.4) is 0 Å². The standard InChI is InChI=1S/C27H33F5N4O5S.C15H23N3O4S.C10H15N3O2S.C10H15N3O2/c1-26(2,3)41-25(37)33-20-11-22(24(27(30,31)32)40-23(20)18-10-16(28)8-9-19(18)29)35-12-15-13-36(34-21(15)14-35)42(38,39)17-6-4-5-7-17;1-15(2,3)22-14(19)17-8-11-9-18(16-13(11)10-17)23(20,21)12-6-4-5-7-12;14-16(15,9-3-1-2-4-9)13-7-8-5-11-6-10(8)12-13;1-10(2,3)15-9(14)13-5-7-4-11-12-8(7)6-13/h8-10,13,17,20,22-24H,4-7,11-12,14H2,1-3H3,(H,33,37);9,12H,4-8,10H2,1-3H3;7,9,11H,1-6H2;4H,5-6H2,1-3H3,(H,11,12)/t20-,22+,23+,24-;;;/m0.../s1. The third-order valence-electron chi connectivity index (χ3n) is 17.6. The number of aromatic nitrogens is 8. The van der Waals surface area contributed by atoms with Crippen molar-refractivity contribution in [3.63, 3.8) is 0 Å². The highest BCUT2D eigenvalue weighted by molar-refractivity contribution is 7.91. The molecule has 1 aromatic carbocycles. The predicted molar refractivity (Wildman–Crippen MR) is 337 cm³/mol. The number of carbonyl (C=O) groups is 3. The number of aromatic amines is 1. The van der Waals surface area contributed by atoms with Gasteiger partial charge in [-0.2, -0.15) is 45.8 Å². The van der Waals surface area contributed by atoms with Crippen molar-refractivity contribution >= 4 is 48.3 Å². The number of alkyl halides is 3. The Morgan fingerprint density at radius 3 is 1.52 bits per heavy atom. The van der Waals surface area contributed by atoms with Crippen LogP contribution in [0.2, 0.25) is 0 Å². The SMILES string of the molecule is CC(C)(C)OC(=O)N1Cc2cn(S(=O)(=O)C3CCCC3)nc2C1.CC(C)(C)OC(=O)N1Cc2cn[nH]c2C1.CC(C)(C)OC(=O)N[C@H]1C[C@@H](N2Cc3cn(S(=O)(=O)C4CCCC4)nc3C2)[C@@H](C(F)(F)F)O[C@@H]1c1cc(F)ccc1F.O=S(=O)(C1CCCC1)n1cc2c(n1)CNC2. The lowest BCUT2D eigenvalue weighted by atomic mass is 9.88. The van der Waals surface area contributed by atoms with E-state index in [1.165, 1.54) is 20.1 Å². The number of halogens is 5. The first-order valence-corrected chi connectivity index (χ1v) is 36.9. The lowest BCUT2D eigenvalue weighted by Gasteiger charge is -2.45. The highest BCUT2D eigenvalue weighted by Crippen LogP contribution is 2.44. The molecule has 0 radical (unpaired) electrons. The Morgan fingerprint density at radius 2 is 1.05 bits per heavy atom. The molecule has 3 aliphatic carbocycles. The molecule has 9 heterocycles. The molecule has 3 amide bonds. The van der Waals surface area contributed by atoms with Crippen LogP contribution < -0.4 is 10.6 Å². The van der Waals surface area contributed by atoms with Gasteiger partial charge in [0.25, 0.3) is 30.1 Å². The second kappa shape index (κ2) is 27.9. The summed E-state index contributed by atoms with van der Waals surface area (Å²) < 4.78 is 172. The number of nitrogens with zero attached hydrogens (tertiary/aromatic N) is 10. The van der Waals surface area contributed by atoms with Gasteiger partial charge in [0.05, 0.1) is 76.9 Å². The van der Waals surface area contributed by atoms with Crippen LogP contribution in [0.15, 0.2) is 43.0 Å². The zero-order chi connectivity index (χ0) is 69.7. The van der Waals surface area contributed by atoms with Crippen LogP contribution in [-0.2, 0) is 101 Å². The Morgan fingerprint density at radius 1 is 0.583 bits per heavy atom. The number of hydrogen-bond donors (Lipinski definition) is 3. The van der Waals surface area contributed by atoms with Crippen molar-refractivity contribution in [1.82, 2.24) is 63.1 Å². The van der Waals surface area contributed by atoms with E-state index in [2.05, 4.69) is 36.1 Å². The summed E-state index contributed by atoms with van der Waals surface area (Å²) in [5.74, 6) is -1.87. The van der Waals surface area contributed by atoms with Crippen molar-refractivity contribution in [2.45, 2.75) is 261 Å². The molecule has 3 saturated carbocycles. The summed E-state index contributed by atoms with van der Waals surface area (Å²) in [7, 11) is -10.4. The summed E-state index contributed by atoms with van der Waals surface area (Å²) in [5.41, 5.74) is 3.77. The quantitative estimate of drug-likeness (QED) is 0.0913. The summed E-state index contributed by atoms with van der Waals surface area (Å²) in [6.07, 6.45) is 4.91. The van der Waals surface area contributed by atoms with Gasteiger partial charge in [-0.3, -0.25) is 19.8 Å². The molecule has 4 fully saturated rings. The lowest BCUT2D eigenvalue weighted by Crippen LogP contribution is -2.59. The zero-order valence-corrected chi connectivity index (χ0v) is 57.8.